The third kappa shape index (κ3) is 3.74. The molecule has 1 aliphatic heterocycles. The first-order valence-corrected chi connectivity index (χ1v) is 9.77. The standard InChI is InChI=1S/C23H26N2O3/c1-16(26)22-21(19-5-3-4-6-20(19)23(27)28-22)18-9-7-17(8-10-18)15-25-13-11-24(2)12-14-25/h3-10,16,26H,11-15H2,1-2H3. The summed E-state index contributed by atoms with van der Waals surface area (Å²) in [5.41, 5.74) is 2.57. The molecule has 0 amide bonds. The number of piperazine rings is 1. The van der Waals surface area contributed by atoms with Crippen LogP contribution in [-0.4, -0.2) is 48.1 Å². The van der Waals surface area contributed by atoms with Gasteiger partial charge in [0.15, 0.2) is 0 Å². The van der Waals surface area contributed by atoms with Crippen molar-refractivity contribution in [2.75, 3.05) is 33.2 Å². The number of aliphatic hydroxyl groups is 1. The fourth-order valence-electron chi connectivity index (χ4n) is 3.85. The molecular weight excluding hydrogens is 352 g/mol. The molecule has 1 saturated heterocycles. The van der Waals surface area contributed by atoms with Crippen molar-refractivity contribution in [1.29, 1.82) is 0 Å². The molecule has 1 fully saturated rings. The van der Waals surface area contributed by atoms with E-state index in [0.29, 0.717) is 11.1 Å². The number of hydrogen-bond acceptors (Lipinski definition) is 5. The van der Waals surface area contributed by atoms with E-state index in [9.17, 15) is 9.90 Å². The average molecular weight is 378 g/mol. The van der Waals surface area contributed by atoms with Crippen LogP contribution >= 0.6 is 0 Å². The van der Waals surface area contributed by atoms with Gasteiger partial charge in [0.2, 0.25) is 0 Å². The van der Waals surface area contributed by atoms with Crippen LogP contribution in [0.15, 0.2) is 57.7 Å². The van der Waals surface area contributed by atoms with Crippen molar-refractivity contribution >= 4 is 10.8 Å². The Morgan fingerprint density at radius 3 is 2.29 bits per heavy atom. The van der Waals surface area contributed by atoms with Crippen molar-refractivity contribution in [2.45, 2.75) is 19.6 Å². The lowest BCUT2D eigenvalue weighted by molar-refractivity contribution is 0.148. The van der Waals surface area contributed by atoms with E-state index in [4.69, 9.17) is 4.42 Å². The van der Waals surface area contributed by atoms with Gasteiger partial charge in [0.25, 0.3) is 0 Å². The number of nitrogens with zero attached hydrogens (tertiary/aromatic N) is 2. The summed E-state index contributed by atoms with van der Waals surface area (Å²) in [5, 5.41) is 11.5. The monoisotopic (exact) mass is 378 g/mol. The number of hydrogen-bond donors (Lipinski definition) is 1. The first kappa shape index (κ1) is 18.9. The molecule has 3 aromatic rings. The number of rotatable bonds is 4. The summed E-state index contributed by atoms with van der Waals surface area (Å²) in [7, 11) is 2.16. The summed E-state index contributed by atoms with van der Waals surface area (Å²) in [4.78, 5) is 17.1. The molecule has 1 atom stereocenters. The van der Waals surface area contributed by atoms with Crippen LogP contribution in [-0.2, 0) is 6.54 Å². The second kappa shape index (κ2) is 7.87. The highest BCUT2D eigenvalue weighted by Gasteiger charge is 2.19. The predicted octanol–water partition coefficient (Wildman–Crippen LogP) is 3.26. The Hall–Kier alpha value is -2.47. The zero-order valence-corrected chi connectivity index (χ0v) is 16.4. The summed E-state index contributed by atoms with van der Waals surface area (Å²) in [6.45, 7) is 6.92. The van der Waals surface area contributed by atoms with Gasteiger partial charge in [-0.3, -0.25) is 4.90 Å². The van der Waals surface area contributed by atoms with Crippen molar-refractivity contribution in [3.8, 4) is 11.1 Å². The van der Waals surface area contributed by atoms with E-state index >= 15 is 0 Å². The molecule has 0 radical (unpaired) electrons. The summed E-state index contributed by atoms with van der Waals surface area (Å²) in [6.07, 6.45) is -0.864. The summed E-state index contributed by atoms with van der Waals surface area (Å²) >= 11 is 0. The highest BCUT2D eigenvalue weighted by atomic mass is 16.4. The van der Waals surface area contributed by atoms with E-state index in [0.717, 1.165) is 49.2 Å². The van der Waals surface area contributed by atoms with Crippen LogP contribution in [0.5, 0.6) is 0 Å². The van der Waals surface area contributed by atoms with Crippen LogP contribution in [0.2, 0.25) is 0 Å². The first-order valence-electron chi connectivity index (χ1n) is 9.77. The quantitative estimate of drug-likeness (QED) is 0.755. The fraction of sp³-hybridized carbons (Fsp3) is 0.348. The van der Waals surface area contributed by atoms with Crippen LogP contribution in [0.25, 0.3) is 21.9 Å². The molecule has 28 heavy (non-hydrogen) atoms. The molecule has 1 unspecified atom stereocenters. The molecule has 1 aromatic heterocycles. The van der Waals surface area contributed by atoms with Crippen molar-refractivity contribution in [3.63, 3.8) is 0 Å². The van der Waals surface area contributed by atoms with Gasteiger partial charge in [-0.15, -0.1) is 0 Å². The van der Waals surface area contributed by atoms with Crippen molar-refractivity contribution in [2.24, 2.45) is 0 Å². The minimum absolute atomic E-state index is 0.315. The molecule has 2 aromatic carbocycles. The van der Waals surface area contributed by atoms with E-state index in [1.807, 2.05) is 18.2 Å². The lowest BCUT2D eigenvalue weighted by Crippen LogP contribution is -2.43. The van der Waals surface area contributed by atoms with Crippen molar-refractivity contribution in [1.82, 2.24) is 9.80 Å². The second-order valence-electron chi connectivity index (χ2n) is 7.63. The van der Waals surface area contributed by atoms with E-state index in [1.54, 1.807) is 13.0 Å². The molecule has 1 N–H and O–H groups in total. The number of fused-ring (bicyclic) bond motifs is 1. The molecule has 1 aliphatic rings. The van der Waals surface area contributed by atoms with Gasteiger partial charge < -0.3 is 14.4 Å². The zero-order chi connectivity index (χ0) is 19.7. The summed E-state index contributed by atoms with van der Waals surface area (Å²) in [6, 6.07) is 15.8. The molecule has 0 spiro atoms. The highest BCUT2D eigenvalue weighted by molar-refractivity contribution is 5.96. The Morgan fingerprint density at radius 2 is 1.64 bits per heavy atom. The first-order chi connectivity index (χ1) is 13.5. The maximum atomic E-state index is 12.3. The van der Waals surface area contributed by atoms with E-state index in [2.05, 4.69) is 41.1 Å². The SMILES string of the molecule is CC(O)c1oc(=O)c2ccccc2c1-c1ccc(CN2CCN(C)CC2)cc1. The Morgan fingerprint density at radius 1 is 1.00 bits per heavy atom. The van der Waals surface area contributed by atoms with Gasteiger partial charge in [0.05, 0.1) is 5.39 Å². The molecule has 0 saturated carbocycles. The van der Waals surface area contributed by atoms with Gasteiger partial charge in [-0.1, -0.05) is 42.5 Å². The minimum Gasteiger partial charge on any atom is -0.424 e. The number of likely N-dealkylation sites (N-methyl/N-ethyl adjacent to an activating group) is 1. The summed E-state index contributed by atoms with van der Waals surface area (Å²) in [5.74, 6) is 0.315. The third-order valence-electron chi connectivity index (χ3n) is 5.49. The molecule has 2 heterocycles. The van der Waals surface area contributed by atoms with Gasteiger partial charge in [-0.05, 0) is 31.2 Å². The minimum atomic E-state index is -0.864. The maximum absolute atomic E-state index is 12.3. The van der Waals surface area contributed by atoms with Gasteiger partial charge in [0.1, 0.15) is 11.9 Å². The van der Waals surface area contributed by atoms with Crippen LogP contribution in [0, 0.1) is 0 Å². The number of benzene rings is 2. The van der Waals surface area contributed by atoms with Crippen LogP contribution in [0.1, 0.15) is 24.4 Å². The maximum Gasteiger partial charge on any atom is 0.343 e. The highest BCUT2D eigenvalue weighted by Crippen LogP contribution is 2.34. The van der Waals surface area contributed by atoms with Gasteiger partial charge >= 0.3 is 5.63 Å². The molecule has 0 bridgehead atoms. The third-order valence-corrected chi connectivity index (χ3v) is 5.49. The van der Waals surface area contributed by atoms with Gasteiger partial charge in [-0.25, -0.2) is 4.79 Å². The lowest BCUT2D eigenvalue weighted by atomic mass is 9.96. The molecule has 0 aliphatic carbocycles. The Labute approximate surface area is 164 Å². The normalized spacial score (nSPS) is 17.1. The molecule has 4 rings (SSSR count). The largest absolute Gasteiger partial charge is 0.424 e. The van der Waals surface area contributed by atoms with Crippen LogP contribution in [0.3, 0.4) is 0 Å². The molecule has 5 heteroatoms. The van der Waals surface area contributed by atoms with E-state index < -0.39 is 11.7 Å². The lowest BCUT2D eigenvalue weighted by Gasteiger charge is -2.32. The van der Waals surface area contributed by atoms with Crippen molar-refractivity contribution in [3.05, 3.63) is 70.3 Å². The van der Waals surface area contributed by atoms with Gasteiger partial charge in [-0.2, -0.15) is 0 Å². The van der Waals surface area contributed by atoms with Gasteiger partial charge in [0, 0.05) is 43.7 Å². The van der Waals surface area contributed by atoms with Crippen molar-refractivity contribution < 1.29 is 9.52 Å². The average Bonchev–Trinajstić information content (AvgIpc) is 2.70. The molecule has 146 valence electrons. The second-order valence-corrected chi connectivity index (χ2v) is 7.63. The van der Waals surface area contributed by atoms with E-state index in [1.165, 1.54) is 5.56 Å². The topological polar surface area (TPSA) is 56.9 Å². The zero-order valence-electron chi connectivity index (χ0n) is 16.4. The molecule has 5 nitrogen and oxygen atoms in total. The molecular formula is C23H26N2O3. The van der Waals surface area contributed by atoms with Crippen LogP contribution < -0.4 is 5.63 Å². The van der Waals surface area contributed by atoms with Crippen LogP contribution in [0.4, 0.5) is 0 Å². The smallest absolute Gasteiger partial charge is 0.343 e. The summed E-state index contributed by atoms with van der Waals surface area (Å²) < 4.78 is 5.48. The Kier molecular flexibility index (Phi) is 5.31. The number of aliphatic hydroxyl groups excluding tert-OH is 1. The van der Waals surface area contributed by atoms with E-state index in [-0.39, 0.29) is 0 Å². The Balaban J connectivity index is 1.69. The predicted molar refractivity (Wildman–Crippen MR) is 111 cm³/mol. The Bertz CT molecular complexity index is 1020. The fourth-order valence-corrected chi connectivity index (χ4v) is 3.85.